The van der Waals surface area contributed by atoms with Gasteiger partial charge >= 0.3 is 0 Å². The lowest BCUT2D eigenvalue weighted by atomic mass is 10.1. The molecule has 1 heteroatoms. The van der Waals surface area contributed by atoms with E-state index in [1.54, 1.807) is 0 Å². The van der Waals surface area contributed by atoms with E-state index in [9.17, 15) is 4.79 Å². The summed E-state index contributed by atoms with van der Waals surface area (Å²) in [6.45, 7) is 4.34. The topological polar surface area (TPSA) is 17.1 Å². The molecule has 0 fully saturated rings. The standard InChI is InChI=1S/C10H18O/c1-3-7-10(2)8-5-4-6-9-11/h8-9H,3-7H2,1-2H3/b10-8-. The van der Waals surface area contributed by atoms with E-state index in [2.05, 4.69) is 19.9 Å². The Bertz CT molecular complexity index is 125. The zero-order chi connectivity index (χ0) is 8.53. The van der Waals surface area contributed by atoms with Crippen LogP contribution in [0, 0.1) is 0 Å². The van der Waals surface area contributed by atoms with Gasteiger partial charge in [-0.1, -0.05) is 25.0 Å². The molecule has 0 rings (SSSR count). The third-order valence-electron chi connectivity index (χ3n) is 1.66. The Morgan fingerprint density at radius 1 is 1.36 bits per heavy atom. The average Bonchev–Trinajstić information content (AvgIpc) is 1.99. The number of carbonyl (C=O) groups excluding carboxylic acids is 1. The van der Waals surface area contributed by atoms with Crippen LogP contribution >= 0.6 is 0 Å². The first kappa shape index (κ1) is 10.4. The van der Waals surface area contributed by atoms with Crippen molar-refractivity contribution in [2.75, 3.05) is 0 Å². The highest BCUT2D eigenvalue weighted by molar-refractivity contribution is 5.49. The fraction of sp³-hybridized carbons (Fsp3) is 0.700. The summed E-state index contributed by atoms with van der Waals surface area (Å²) in [4.78, 5) is 9.95. The molecular weight excluding hydrogens is 136 g/mol. The molecular formula is C10H18O. The molecule has 0 unspecified atom stereocenters. The minimum Gasteiger partial charge on any atom is -0.303 e. The summed E-state index contributed by atoms with van der Waals surface area (Å²) in [6, 6.07) is 0. The SMILES string of the molecule is CCC/C(C)=C\CCCC=O. The molecule has 0 N–H and O–H groups in total. The molecule has 0 bridgehead atoms. The molecule has 0 aliphatic carbocycles. The fourth-order valence-electron chi connectivity index (χ4n) is 1.05. The van der Waals surface area contributed by atoms with Gasteiger partial charge in [0.2, 0.25) is 0 Å². The van der Waals surface area contributed by atoms with Crippen LogP contribution in [0.1, 0.15) is 46.0 Å². The highest BCUT2D eigenvalue weighted by Crippen LogP contribution is 2.05. The highest BCUT2D eigenvalue weighted by Gasteiger charge is 1.87. The summed E-state index contributed by atoms with van der Waals surface area (Å²) in [6.07, 6.45) is 8.41. The second-order valence-corrected chi connectivity index (χ2v) is 2.90. The maximum atomic E-state index is 9.95. The Morgan fingerprint density at radius 3 is 2.64 bits per heavy atom. The van der Waals surface area contributed by atoms with E-state index >= 15 is 0 Å². The van der Waals surface area contributed by atoms with Crippen LogP contribution in [0.4, 0.5) is 0 Å². The number of allylic oxidation sites excluding steroid dienone is 2. The molecule has 0 saturated carbocycles. The quantitative estimate of drug-likeness (QED) is 0.326. The van der Waals surface area contributed by atoms with Crippen molar-refractivity contribution in [3.63, 3.8) is 0 Å². The van der Waals surface area contributed by atoms with Crippen molar-refractivity contribution in [1.29, 1.82) is 0 Å². The van der Waals surface area contributed by atoms with Gasteiger partial charge in [-0.25, -0.2) is 0 Å². The molecule has 0 aliphatic heterocycles. The minimum absolute atomic E-state index is 0.704. The van der Waals surface area contributed by atoms with Gasteiger partial charge in [0.1, 0.15) is 6.29 Å². The van der Waals surface area contributed by atoms with Crippen LogP contribution in [-0.2, 0) is 4.79 Å². The Kier molecular flexibility index (Phi) is 7.11. The van der Waals surface area contributed by atoms with Crippen molar-refractivity contribution in [3.8, 4) is 0 Å². The largest absolute Gasteiger partial charge is 0.303 e. The maximum Gasteiger partial charge on any atom is 0.120 e. The summed E-state index contributed by atoms with van der Waals surface area (Å²) >= 11 is 0. The molecule has 0 saturated heterocycles. The Hall–Kier alpha value is -0.590. The summed E-state index contributed by atoms with van der Waals surface area (Å²) in [5.74, 6) is 0. The lowest BCUT2D eigenvalue weighted by molar-refractivity contribution is -0.107. The predicted molar refractivity (Wildman–Crippen MR) is 48.6 cm³/mol. The molecule has 1 nitrogen and oxygen atoms in total. The molecule has 0 aliphatic rings. The van der Waals surface area contributed by atoms with Crippen LogP contribution in [0.3, 0.4) is 0 Å². The molecule has 0 heterocycles. The number of aldehydes is 1. The van der Waals surface area contributed by atoms with Crippen LogP contribution in [-0.4, -0.2) is 6.29 Å². The Labute approximate surface area is 69.5 Å². The molecule has 11 heavy (non-hydrogen) atoms. The third kappa shape index (κ3) is 7.31. The second-order valence-electron chi connectivity index (χ2n) is 2.90. The summed E-state index contributed by atoms with van der Waals surface area (Å²) in [7, 11) is 0. The number of hydrogen-bond acceptors (Lipinski definition) is 1. The van der Waals surface area contributed by atoms with Crippen molar-refractivity contribution < 1.29 is 4.79 Å². The van der Waals surface area contributed by atoms with Gasteiger partial charge in [0, 0.05) is 6.42 Å². The monoisotopic (exact) mass is 154 g/mol. The van der Waals surface area contributed by atoms with Crippen LogP contribution in [0.2, 0.25) is 0 Å². The van der Waals surface area contributed by atoms with Crippen LogP contribution < -0.4 is 0 Å². The van der Waals surface area contributed by atoms with Crippen molar-refractivity contribution in [2.24, 2.45) is 0 Å². The summed E-state index contributed by atoms with van der Waals surface area (Å²) in [5, 5.41) is 0. The third-order valence-corrected chi connectivity index (χ3v) is 1.66. The second kappa shape index (κ2) is 7.52. The van der Waals surface area contributed by atoms with Gasteiger partial charge in [-0.3, -0.25) is 0 Å². The van der Waals surface area contributed by atoms with Crippen LogP contribution in [0.15, 0.2) is 11.6 Å². The van der Waals surface area contributed by atoms with E-state index in [-0.39, 0.29) is 0 Å². The normalized spacial score (nSPS) is 11.6. The molecule has 64 valence electrons. The molecule has 0 spiro atoms. The number of hydrogen-bond donors (Lipinski definition) is 0. The fourth-order valence-corrected chi connectivity index (χ4v) is 1.05. The van der Waals surface area contributed by atoms with Crippen molar-refractivity contribution in [2.45, 2.75) is 46.0 Å². The first-order valence-corrected chi connectivity index (χ1v) is 4.40. The van der Waals surface area contributed by atoms with E-state index < -0.39 is 0 Å². The maximum absolute atomic E-state index is 9.95. The molecule has 0 aromatic carbocycles. The molecule has 0 aromatic heterocycles. The van der Waals surface area contributed by atoms with Gasteiger partial charge in [0.15, 0.2) is 0 Å². The average molecular weight is 154 g/mol. The van der Waals surface area contributed by atoms with E-state index in [4.69, 9.17) is 0 Å². The van der Waals surface area contributed by atoms with Gasteiger partial charge in [-0.15, -0.1) is 0 Å². The van der Waals surface area contributed by atoms with Crippen molar-refractivity contribution in [3.05, 3.63) is 11.6 Å². The van der Waals surface area contributed by atoms with Crippen molar-refractivity contribution >= 4 is 6.29 Å². The summed E-state index contributed by atoms with van der Waals surface area (Å²) < 4.78 is 0. The molecule has 0 amide bonds. The van der Waals surface area contributed by atoms with Crippen molar-refractivity contribution in [1.82, 2.24) is 0 Å². The highest BCUT2D eigenvalue weighted by atomic mass is 16.1. The molecule has 0 atom stereocenters. The van der Waals surface area contributed by atoms with Crippen LogP contribution in [0.25, 0.3) is 0 Å². The van der Waals surface area contributed by atoms with E-state index in [1.807, 2.05) is 0 Å². The molecule has 0 radical (unpaired) electrons. The Balaban J connectivity index is 3.31. The first-order chi connectivity index (χ1) is 5.31. The lowest BCUT2D eigenvalue weighted by Crippen LogP contribution is -1.78. The van der Waals surface area contributed by atoms with Gasteiger partial charge in [0.05, 0.1) is 0 Å². The summed E-state index contributed by atoms with van der Waals surface area (Å²) in [5.41, 5.74) is 1.46. The van der Waals surface area contributed by atoms with E-state index in [0.717, 1.165) is 19.1 Å². The minimum atomic E-state index is 0.704. The van der Waals surface area contributed by atoms with Gasteiger partial charge in [-0.2, -0.15) is 0 Å². The lowest BCUT2D eigenvalue weighted by Gasteiger charge is -1.96. The Morgan fingerprint density at radius 2 is 2.09 bits per heavy atom. The van der Waals surface area contributed by atoms with Gasteiger partial charge in [-0.05, 0) is 26.2 Å². The zero-order valence-corrected chi connectivity index (χ0v) is 7.60. The van der Waals surface area contributed by atoms with E-state index in [1.165, 1.54) is 18.4 Å². The van der Waals surface area contributed by atoms with E-state index in [0.29, 0.717) is 6.42 Å². The van der Waals surface area contributed by atoms with Gasteiger partial charge in [0.25, 0.3) is 0 Å². The number of unbranched alkanes of at least 4 members (excludes halogenated alkanes) is 2. The van der Waals surface area contributed by atoms with Gasteiger partial charge < -0.3 is 4.79 Å². The number of rotatable bonds is 6. The smallest absolute Gasteiger partial charge is 0.120 e. The first-order valence-electron chi connectivity index (χ1n) is 4.40. The number of carbonyl (C=O) groups is 1. The zero-order valence-electron chi connectivity index (χ0n) is 7.60. The predicted octanol–water partition coefficient (Wildman–Crippen LogP) is 3.10. The molecule has 0 aromatic rings. The van der Waals surface area contributed by atoms with Crippen LogP contribution in [0.5, 0.6) is 0 Å².